The number of ether oxygens (including phenoxy) is 3. The molecule has 0 spiro atoms. The summed E-state index contributed by atoms with van der Waals surface area (Å²) < 4.78 is 16.9. The maximum Gasteiger partial charge on any atom is 0.306 e. The van der Waals surface area contributed by atoms with E-state index in [4.69, 9.17) is 14.2 Å². The molecule has 6 heteroatoms. The minimum atomic E-state index is -0.783. The van der Waals surface area contributed by atoms with Crippen LogP contribution in [0.2, 0.25) is 0 Å². The highest BCUT2D eigenvalue weighted by Gasteiger charge is 2.19. The van der Waals surface area contributed by atoms with Gasteiger partial charge in [-0.15, -0.1) is 0 Å². The molecule has 0 amide bonds. The number of rotatable bonds is 59. The van der Waals surface area contributed by atoms with E-state index in [2.05, 4.69) is 81.5 Å². The zero-order valence-electron chi connectivity index (χ0n) is 49.4. The summed E-state index contributed by atoms with van der Waals surface area (Å²) in [5.41, 5.74) is 0. The van der Waals surface area contributed by atoms with E-state index < -0.39 is 6.10 Å². The van der Waals surface area contributed by atoms with Crippen LogP contribution in [0.15, 0.2) is 60.8 Å². The summed E-state index contributed by atoms with van der Waals surface area (Å²) >= 11 is 0. The maximum atomic E-state index is 12.8. The van der Waals surface area contributed by atoms with Crippen molar-refractivity contribution in [2.24, 2.45) is 0 Å². The van der Waals surface area contributed by atoms with Crippen molar-refractivity contribution in [3.05, 3.63) is 60.8 Å². The van der Waals surface area contributed by atoms with Crippen molar-refractivity contribution in [1.29, 1.82) is 0 Å². The van der Waals surface area contributed by atoms with Gasteiger partial charge in [0.1, 0.15) is 13.2 Å². The Hall–Kier alpha value is -2.89. The minimum Gasteiger partial charge on any atom is -0.462 e. The quantitative estimate of drug-likeness (QED) is 0.0261. The predicted octanol–water partition coefficient (Wildman–Crippen LogP) is 21.9. The molecule has 0 aliphatic heterocycles. The number of carbonyl (C=O) groups excluding carboxylic acids is 3. The molecule has 0 fully saturated rings. The molecule has 6 nitrogen and oxygen atoms in total. The van der Waals surface area contributed by atoms with Crippen molar-refractivity contribution in [1.82, 2.24) is 0 Å². The molecule has 1 unspecified atom stereocenters. The molecule has 0 aliphatic carbocycles. The van der Waals surface area contributed by atoms with Crippen LogP contribution in [0, 0.1) is 0 Å². The number of carbonyl (C=O) groups is 3. The second-order valence-electron chi connectivity index (χ2n) is 21.7. The first-order valence-electron chi connectivity index (χ1n) is 32.3. The lowest BCUT2D eigenvalue weighted by molar-refractivity contribution is -0.167. The van der Waals surface area contributed by atoms with Crippen molar-refractivity contribution in [2.75, 3.05) is 13.2 Å². The molecule has 0 aromatic carbocycles. The Kier molecular flexibility index (Phi) is 60.2. The molecule has 0 bridgehead atoms. The Morgan fingerprint density at radius 2 is 0.514 bits per heavy atom. The van der Waals surface area contributed by atoms with Gasteiger partial charge < -0.3 is 14.2 Å². The van der Waals surface area contributed by atoms with Gasteiger partial charge in [0.15, 0.2) is 6.10 Å². The van der Waals surface area contributed by atoms with Crippen LogP contribution >= 0.6 is 0 Å². The average molecular weight is 1040 g/mol. The normalized spacial score (nSPS) is 12.4. The van der Waals surface area contributed by atoms with Gasteiger partial charge in [-0.25, -0.2) is 0 Å². The number of unbranched alkanes of at least 4 members (excludes halogenated alkanes) is 38. The van der Waals surface area contributed by atoms with Gasteiger partial charge in [0, 0.05) is 19.3 Å². The van der Waals surface area contributed by atoms with Gasteiger partial charge in [0.05, 0.1) is 0 Å². The predicted molar refractivity (Wildman–Crippen MR) is 321 cm³/mol. The molecule has 0 rings (SSSR count). The van der Waals surface area contributed by atoms with Crippen molar-refractivity contribution in [3.8, 4) is 0 Å². The molecule has 0 saturated heterocycles. The molecule has 0 heterocycles. The molecule has 0 aromatic heterocycles. The minimum absolute atomic E-state index is 0.0797. The Morgan fingerprint density at radius 1 is 0.270 bits per heavy atom. The zero-order chi connectivity index (χ0) is 53.6. The lowest BCUT2D eigenvalue weighted by atomic mass is 10.0. The molecule has 0 aliphatic rings. The molecule has 1 atom stereocenters. The molecule has 430 valence electrons. The van der Waals surface area contributed by atoms with Gasteiger partial charge in [0.25, 0.3) is 0 Å². The van der Waals surface area contributed by atoms with Crippen molar-refractivity contribution < 1.29 is 28.6 Å². The van der Waals surface area contributed by atoms with E-state index in [1.54, 1.807) is 0 Å². The Morgan fingerprint density at radius 3 is 0.838 bits per heavy atom. The van der Waals surface area contributed by atoms with E-state index >= 15 is 0 Å². The first kappa shape index (κ1) is 71.1. The first-order chi connectivity index (χ1) is 36.5. The smallest absolute Gasteiger partial charge is 0.306 e. The summed E-state index contributed by atoms with van der Waals surface area (Å²) in [5.74, 6) is -0.890. The third-order valence-electron chi connectivity index (χ3n) is 14.2. The second kappa shape index (κ2) is 62.6. The lowest BCUT2D eigenvalue weighted by Gasteiger charge is -2.18. The second-order valence-corrected chi connectivity index (χ2v) is 21.7. The molecular weight excluding hydrogens is 913 g/mol. The molecule has 0 N–H and O–H groups in total. The Bertz CT molecular complexity index is 1330. The van der Waals surface area contributed by atoms with Crippen LogP contribution in [0.3, 0.4) is 0 Å². The van der Waals surface area contributed by atoms with E-state index in [9.17, 15) is 14.4 Å². The maximum absolute atomic E-state index is 12.8. The number of hydrogen-bond acceptors (Lipinski definition) is 6. The third-order valence-corrected chi connectivity index (χ3v) is 14.2. The molecular formula is C68H122O6. The number of hydrogen-bond donors (Lipinski definition) is 0. The molecule has 74 heavy (non-hydrogen) atoms. The fourth-order valence-corrected chi connectivity index (χ4v) is 9.33. The highest BCUT2D eigenvalue weighted by molar-refractivity contribution is 5.71. The summed E-state index contributed by atoms with van der Waals surface area (Å²) in [6.45, 7) is 6.55. The van der Waals surface area contributed by atoms with Gasteiger partial charge in [0.2, 0.25) is 0 Å². The van der Waals surface area contributed by atoms with Crippen LogP contribution in [0.4, 0.5) is 0 Å². The SMILES string of the molecule is CCC/C=C\C/C=C\CCCCCCCC(=O)OC(COC(=O)CCCCCCC/C=C\CCCCC)COC(=O)CCCCCCCCCCCCCCCCCCCCC/C=C\C/C=C\CCCCCCC. The fourth-order valence-electron chi connectivity index (χ4n) is 9.33. The summed E-state index contributed by atoms with van der Waals surface area (Å²) in [6.07, 6.45) is 79.6. The van der Waals surface area contributed by atoms with Crippen LogP contribution in [-0.4, -0.2) is 37.2 Å². The third kappa shape index (κ3) is 60.0. The standard InChI is InChI=1S/C68H122O6/c1-4-7-10-13-16-19-22-25-26-27-28-29-30-31-32-33-34-35-36-37-38-39-40-41-42-44-46-49-52-55-58-61-67(70)73-64-65(63-72-66(69)60-57-54-51-48-45-24-21-18-15-12-9-6-3)74-68(71)62-59-56-53-50-47-43-23-20-17-14-11-8-5-2/h11,14,18,20-23,25,27-28,65H,4-10,12-13,15-17,19,24,26,29-64H2,1-3H3/b14-11-,21-18-,23-20-,25-22-,28-27-. The van der Waals surface area contributed by atoms with Crippen LogP contribution < -0.4 is 0 Å². The van der Waals surface area contributed by atoms with Gasteiger partial charge in [-0.3, -0.25) is 14.4 Å². The molecule has 0 saturated carbocycles. The van der Waals surface area contributed by atoms with Crippen molar-refractivity contribution >= 4 is 17.9 Å². The number of allylic oxidation sites excluding steroid dienone is 10. The molecule has 0 radical (unpaired) electrons. The highest BCUT2D eigenvalue weighted by atomic mass is 16.6. The molecule has 0 aromatic rings. The van der Waals surface area contributed by atoms with Gasteiger partial charge in [-0.05, 0) is 103 Å². The highest BCUT2D eigenvalue weighted by Crippen LogP contribution is 2.17. The van der Waals surface area contributed by atoms with Crippen LogP contribution in [0.5, 0.6) is 0 Å². The number of esters is 3. The first-order valence-corrected chi connectivity index (χ1v) is 32.3. The average Bonchev–Trinajstić information content (AvgIpc) is 3.40. The van der Waals surface area contributed by atoms with E-state index in [1.165, 1.54) is 193 Å². The van der Waals surface area contributed by atoms with Gasteiger partial charge in [-0.2, -0.15) is 0 Å². The summed E-state index contributed by atoms with van der Waals surface area (Å²) in [7, 11) is 0. The largest absolute Gasteiger partial charge is 0.462 e. The van der Waals surface area contributed by atoms with E-state index in [0.29, 0.717) is 19.3 Å². The van der Waals surface area contributed by atoms with E-state index in [0.717, 1.165) is 103 Å². The summed E-state index contributed by atoms with van der Waals surface area (Å²) in [5, 5.41) is 0. The van der Waals surface area contributed by atoms with Crippen LogP contribution in [-0.2, 0) is 28.6 Å². The Balaban J connectivity index is 4.10. The summed E-state index contributed by atoms with van der Waals surface area (Å²) in [4.78, 5) is 38.2. The van der Waals surface area contributed by atoms with Gasteiger partial charge >= 0.3 is 17.9 Å². The van der Waals surface area contributed by atoms with E-state index in [1.807, 2.05) is 0 Å². The lowest BCUT2D eigenvalue weighted by Crippen LogP contribution is -2.30. The fraction of sp³-hybridized carbons (Fsp3) is 0.809. The monoisotopic (exact) mass is 1030 g/mol. The topological polar surface area (TPSA) is 78.9 Å². The summed E-state index contributed by atoms with van der Waals surface area (Å²) in [6, 6.07) is 0. The van der Waals surface area contributed by atoms with Crippen molar-refractivity contribution in [3.63, 3.8) is 0 Å². The van der Waals surface area contributed by atoms with Crippen LogP contribution in [0.1, 0.15) is 335 Å². The van der Waals surface area contributed by atoms with Crippen molar-refractivity contribution in [2.45, 2.75) is 341 Å². The van der Waals surface area contributed by atoms with E-state index in [-0.39, 0.29) is 31.1 Å². The zero-order valence-corrected chi connectivity index (χ0v) is 49.4. The van der Waals surface area contributed by atoms with Crippen LogP contribution in [0.25, 0.3) is 0 Å². The van der Waals surface area contributed by atoms with Gasteiger partial charge in [-0.1, -0.05) is 274 Å². The Labute approximate surface area is 460 Å².